The first-order valence-electron chi connectivity index (χ1n) is 10.0. The number of amides is 1. The van der Waals surface area contributed by atoms with E-state index in [1.165, 1.54) is 17.6 Å². The van der Waals surface area contributed by atoms with E-state index in [4.69, 9.17) is 20.8 Å². The van der Waals surface area contributed by atoms with Gasteiger partial charge in [-0.1, -0.05) is 57.9 Å². The van der Waals surface area contributed by atoms with E-state index < -0.39 is 11.9 Å². The van der Waals surface area contributed by atoms with Crippen molar-refractivity contribution in [1.29, 1.82) is 0 Å². The summed E-state index contributed by atoms with van der Waals surface area (Å²) in [6.45, 7) is 0. The summed E-state index contributed by atoms with van der Waals surface area (Å²) in [5, 5.41) is 5.95. The van der Waals surface area contributed by atoms with Crippen molar-refractivity contribution < 1.29 is 18.7 Å². The molecule has 0 aliphatic carbocycles. The molecule has 0 aliphatic rings. The van der Waals surface area contributed by atoms with Crippen molar-refractivity contribution in [1.82, 2.24) is 5.43 Å². The van der Waals surface area contributed by atoms with Crippen LogP contribution in [0.15, 0.2) is 86.8 Å². The van der Waals surface area contributed by atoms with Crippen LogP contribution in [0.25, 0.3) is 21.1 Å². The molecule has 6 nitrogen and oxygen atoms in total. The summed E-state index contributed by atoms with van der Waals surface area (Å²) in [7, 11) is 0. The second-order valence-electron chi connectivity index (χ2n) is 7.16. The fraction of sp³-hybridized carbons (Fsp3) is 0. The quantitative estimate of drug-likeness (QED) is 0.109. The Labute approximate surface area is 210 Å². The van der Waals surface area contributed by atoms with Gasteiger partial charge in [0, 0.05) is 25.5 Å². The molecule has 5 aromatic rings. The average molecular weight is 554 g/mol. The lowest BCUT2D eigenvalue weighted by Gasteiger charge is -2.06. The third-order valence-corrected chi connectivity index (χ3v) is 7.06. The minimum Gasteiger partial charge on any atom is -0.451 e. The number of furan rings is 1. The Morgan fingerprint density at radius 3 is 2.71 bits per heavy atom. The van der Waals surface area contributed by atoms with Crippen LogP contribution in [0.4, 0.5) is 0 Å². The van der Waals surface area contributed by atoms with Gasteiger partial charge in [-0.25, -0.2) is 10.2 Å². The van der Waals surface area contributed by atoms with Crippen molar-refractivity contribution in [2.24, 2.45) is 5.10 Å². The molecule has 0 aliphatic heterocycles. The van der Waals surface area contributed by atoms with Gasteiger partial charge < -0.3 is 9.15 Å². The summed E-state index contributed by atoms with van der Waals surface area (Å²) < 4.78 is 12.9. The van der Waals surface area contributed by atoms with Gasteiger partial charge in [0.15, 0.2) is 5.76 Å². The van der Waals surface area contributed by atoms with Gasteiger partial charge in [-0.15, -0.1) is 11.3 Å². The molecule has 5 rings (SSSR count). The molecular weight excluding hydrogens is 540 g/mol. The van der Waals surface area contributed by atoms with Crippen LogP contribution in [-0.4, -0.2) is 18.1 Å². The Morgan fingerprint density at radius 1 is 1.06 bits per heavy atom. The largest absolute Gasteiger partial charge is 0.451 e. The van der Waals surface area contributed by atoms with E-state index in [2.05, 4.69) is 26.5 Å². The van der Waals surface area contributed by atoms with Crippen LogP contribution in [-0.2, 0) is 0 Å². The molecule has 2 aromatic heterocycles. The molecular formula is C25H14BrClN2O4S. The van der Waals surface area contributed by atoms with Gasteiger partial charge in [0.1, 0.15) is 16.2 Å². The molecule has 0 spiro atoms. The van der Waals surface area contributed by atoms with Gasteiger partial charge in [0.25, 0.3) is 0 Å². The lowest BCUT2D eigenvalue weighted by Crippen LogP contribution is -2.17. The highest BCUT2D eigenvalue weighted by atomic mass is 79.9. The number of nitrogens with zero attached hydrogens (tertiary/aromatic N) is 1. The predicted molar refractivity (Wildman–Crippen MR) is 137 cm³/mol. The van der Waals surface area contributed by atoms with Crippen molar-refractivity contribution in [2.75, 3.05) is 0 Å². The first-order valence-corrected chi connectivity index (χ1v) is 12.0. The third-order valence-electron chi connectivity index (χ3n) is 4.91. The Balaban J connectivity index is 1.31. The summed E-state index contributed by atoms with van der Waals surface area (Å²) in [6, 6.07) is 21.4. The summed E-state index contributed by atoms with van der Waals surface area (Å²) in [5.74, 6) is -0.656. The molecule has 0 fully saturated rings. The number of nitrogens with one attached hydrogen (secondary N) is 1. The molecule has 0 radical (unpaired) electrons. The number of hydrogen-bond acceptors (Lipinski definition) is 6. The summed E-state index contributed by atoms with van der Waals surface area (Å²) in [4.78, 5) is 25.6. The molecule has 3 aromatic carbocycles. The lowest BCUT2D eigenvalue weighted by atomic mass is 10.2. The second-order valence-corrected chi connectivity index (χ2v) is 9.51. The van der Waals surface area contributed by atoms with E-state index in [1.807, 2.05) is 36.4 Å². The Morgan fingerprint density at radius 2 is 1.85 bits per heavy atom. The maximum atomic E-state index is 12.8. The number of fused-ring (bicyclic) bond motifs is 2. The van der Waals surface area contributed by atoms with E-state index in [9.17, 15) is 9.59 Å². The van der Waals surface area contributed by atoms with Crippen LogP contribution in [0.1, 0.15) is 25.8 Å². The lowest BCUT2D eigenvalue weighted by molar-refractivity contribution is 0.0739. The molecule has 1 N–H and O–H groups in total. The smallest absolute Gasteiger partial charge is 0.355 e. The number of benzene rings is 3. The third kappa shape index (κ3) is 4.48. The average Bonchev–Trinajstić information content (AvgIpc) is 3.41. The number of halogens is 2. The molecule has 34 heavy (non-hydrogen) atoms. The highest BCUT2D eigenvalue weighted by Crippen LogP contribution is 2.36. The van der Waals surface area contributed by atoms with Crippen LogP contribution in [0.5, 0.6) is 5.75 Å². The predicted octanol–water partition coefficient (Wildman–Crippen LogP) is 7.05. The number of ether oxygens (including phenoxy) is 1. The molecule has 9 heteroatoms. The highest BCUT2D eigenvalue weighted by Gasteiger charge is 2.20. The number of carbonyl (C=O) groups excluding carboxylic acids is 2. The fourth-order valence-corrected chi connectivity index (χ4v) is 5.08. The van der Waals surface area contributed by atoms with Gasteiger partial charge >= 0.3 is 11.9 Å². The van der Waals surface area contributed by atoms with Crippen LogP contribution in [0.2, 0.25) is 5.02 Å². The van der Waals surface area contributed by atoms with Crippen molar-refractivity contribution in [3.05, 3.63) is 98.5 Å². The Hall–Kier alpha value is -3.46. The number of rotatable bonds is 5. The van der Waals surface area contributed by atoms with Crippen LogP contribution in [0.3, 0.4) is 0 Å². The van der Waals surface area contributed by atoms with Gasteiger partial charge in [-0.2, -0.15) is 5.10 Å². The summed E-state index contributed by atoms with van der Waals surface area (Å²) in [6.07, 6.45) is 1.40. The standard InChI is InChI=1S/C25H14BrClN2O4S/c26-16-9-10-19-15(11-16)12-20(32-19)24(30)29-28-13-14-5-1-3-7-18(14)33-25(31)23-22(27)17-6-2-4-8-21(17)34-23/h1-13H,(H,29,30)/b28-13-. The first kappa shape index (κ1) is 22.3. The highest BCUT2D eigenvalue weighted by molar-refractivity contribution is 9.10. The van der Waals surface area contributed by atoms with Gasteiger partial charge in [-0.05, 0) is 42.5 Å². The number of para-hydroxylation sites is 1. The normalized spacial score (nSPS) is 11.4. The molecule has 2 heterocycles. The summed E-state index contributed by atoms with van der Waals surface area (Å²) in [5.41, 5.74) is 3.52. The topological polar surface area (TPSA) is 80.9 Å². The maximum Gasteiger partial charge on any atom is 0.355 e. The van der Waals surface area contributed by atoms with Crippen LogP contribution in [0, 0.1) is 0 Å². The molecule has 0 saturated carbocycles. The van der Waals surface area contributed by atoms with Crippen molar-refractivity contribution >= 4 is 78.0 Å². The van der Waals surface area contributed by atoms with Crippen molar-refractivity contribution in [3.8, 4) is 5.75 Å². The van der Waals surface area contributed by atoms with E-state index in [1.54, 1.807) is 36.4 Å². The zero-order valence-electron chi connectivity index (χ0n) is 17.2. The number of hydrogen-bond donors (Lipinski definition) is 1. The van der Waals surface area contributed by atoms with E-state index in [-0.39, 0.29) is 11.5 Å². The van der Waals surface area contributed by atoms with E-state index in [0.29, 0.717) is 21.0 Å². The van der Waals surface area contributed by atoms with Crippen molar-refractivity contribution in [2.45, 2.75) is 0 Å². The number of thiophene rings is 1. The fourth-order valence-electron chi connectivity index (χ4n) is 3.31. The minimum atomic E-state index is -0.565. The second kappa shape index (κ2) is 9.42. The zero-order valence-corrected chi connectivity index (χ0v) is 20.4. The first-order chi connectivity index (χ1) is 16.5. The van der Waals surface area contributed by atoms with Crippen LogP contribution < -0.4 is 10.2 Å². The van der Waals surface area contributed by atoms with Gasteiger partial charge in [0.2, 0.25) is 0 Å². The molecule has 168 valence electrons. The SMILES string of the molecule is O=C(N/N=C\c1ccccc1OC(=O)c1sc2ccccc2c1Cl)c1cc2cc(Br)ccc2o1. The molecule has 0 atom stereocenters. The monoisotopic (exact) mass is 552 g/mol. The zero-order chi connectivity index (χ0) is 23.7. The number of esters is 1. The maximum absolute atomic E-state index is 12.8. The van der Waals surface area contributed by atoms with Gasteiger partial charge in [0.05, 0.1) is 11.2 Å². The van der Waals surface area contributed by atoms with E-state index >= 15 is 0 Å². The molecule has 0 unspecified atom stereocenters. The minimum absolute atomic E-state index is 0.129. The molecule has 0 saturated heterocycles. The Bertz CT molecular complexity index is 1590. The summed E-state index contributed by atoms with van der Waals surface area (Å²) >= 11 is 11.1. The Kier molecular flexibility index (Phi) is 6.19. The molecule has 0 bridgehead atoms. The van der Waals surface area contributed by atoms with Gasteiger partial charge in [-0.3, -0.25) is 4.79 Å². The molecule has 1 amide bonds. The number of carbonyl (C=O) groups is 2. The van der Waals surface area contributed by atoms with Crippen molar-refractivity contribution in [3.63, 3.8) is 0 Å². The number of hydrazone groups is 1. The van der Waals surface area contributed by atoms with Crippen LogP contribution >= 0.6 is 38.9 Å². The van der Waals surface area contributed by atoms with E-state index in [0.717, 1.165) is 19.9 Å².